The van der Waals surface area contributed by atoms with E-state index in [0.717, 1.165) is 11.9 Å². The van der Waals surface area contributed by atoms with Gasteiger partial charge >= 0.3 is 0 Å². The van der Waals surface area contributed by atoms with Gasteiger partial charge in [-0.3, -0.25) is 4.21 Å². The number of para-hydroxylation sites is 1. The third-order valence-corrected chi connectivity index (χ3v) is 4.32. The number of nitrogens with zero attached hydrogens (tertiary/aromatic N) is 2. The number of rotatable bonds is 5. The normalized spacial score (nSPS) is 16.2. The number of aromatic nitrogens is 2. The molecule has 3 nitrogen and oxygen atoms in total. The summed E-state index contributed by atoms with van der Waals surface area (Å²) in [5.41, 5.74) is 1.08. The monoisotopic (exact) mass is 316 g/mol. The van der Waals surface area contributed by atoms with Gasteiger partial charge in [-0.15, -0.1) is 11.6 Å². The summed E-state index contributed by atoms with van der Waals surface area (Å²) < 4.78 is 27.1. The van der Waals surface area contributed by atoms with Gasteiger partial charge in [-0.25, -0.2) is 9.37 Å². The van der Waals surface area contributed by atoms with E-state index in [2.05, 4.69) is 4.98 Å². The predicted octanol–water partition coefficient (Wildman–Crippen LogP) is 3.80. The van der Waals surface area contributed by atoms with Crippen molar-refractivity contribution in [3.63, 3.8) is 0 Å². The van der Waals surface area contributed by atoms with Gasteiger partial charge in [-0.1, -0.05) is 6.07 Å². The summed E-state index contributed by atoms with van der Waals surface area (Å²) in [6.45, 7) is 3.84. The van der Waals surface area contributed by atoms with E-state index in [1.807, 2.05) is 24.5 Å². The van der Waals surface area contributed by atoms with Crippen molar-refractivity contribution in [2.75, 3.05) is 12.0 Å². The molecule has 1 aromatic carbocycles. The van der Waals surface area contributed by atoms with Crippen molar-refractivity contribution in [3.05, 3.63) is 29.8 Å². The molecule has 0 amide bonds. The van der Waals surface area contributed by atoms with Crippen molar-refractivity contribution in [2.45, 2.75) is 31.7 Å². The SMILES string of the molecule is CC(Cl)c1nc2c(F)cccc2n1C(C)CCS(C)=O. The smallest absolute Gasteiger partial charge is 0.151 e. The molecule has 2 rings (SSSR count). The van der Waals surface area contributed by atoms with Crippen LogP contribution < -0.4 is 0 Å². The van der Waals surface area contributed by atoms with Crippen LogP contribution in [-0.4, -0.2) is 25.8 Å². The Morgan fingerprint density at radius 1 is 1.45 bits per heavy atom. The first-order valence-corrected chi connectivity index (χ1v) is 8.68. The molecule has 1 heterocycles. The van der Waals surface area contributed by atoms with Crippen molar-refractivity contribution in [2.24, 2.45) is 0 Å². The maximum absolute atomic E-state index is 13.9. The fourth-order valence-corrected chi connectivity index (χ4v) is 3.14. The van der Waals surface area contributed by atoms with Crippen molar-refractivity contribution in [1.82, 2.24) is 9.55 Å². The molecule has 0 saturated carbocycles. The zero-order valence-corrected chi connectivity index (χ0v) is 13.3. The average Bonchev–Trinajstić information content (AvgIpc) is 2.77. The van der Waals surface area contributed by atoms with Gasteiger partial charge in [-0.2, -0.15) is 0 Å². The lowest BCUT2D eigenvalue weighted by Gasteiger charge is -2.18. The fraction of sp³-hybridized carbons (Fsp3) is 0.500. The number of hydrogen-bond donors (Lipinski definition) is 0. The number of benzene rings is 1. The lowest BCUT2D eigenvalue weighted by Crippen LogP contribution is -2.12. The summed E-state index contributed by atoms with van der Waals surface area (Å²) in [6.07, 6.45) is 2.42. The molecular formula is C14H18ClFN2OS. The minimum absolute atomic E-state index is 0.0712. The second kappa shape index (κ2) is 6.22. The Morgan fingerprint density at radius 3 is 2.75 bits per heavy atom. The van der Waals surface area contributed by atoms with Gasteiger partial charge in [0.2, 0.25) is 0 Å². The van der Waals surface area contributed by atoms with Gasteiger partial charge in [0.05, 0.1) is 10.9 Å². The molecule has 0 bridgehead atoms. The highest BCUT2D eigenvalue weighted by Crippen LogP contribution is 2.30. The second-order valence-electron chi connectivity index (χ2n) is 4.98. The van der Waals surface area contributed by atoms with E-state index in [9.17, 15) is 8.60 Å². The molecule has 0 aliphatic carbocycles. The second-order valence-corrected chi connectivity index (χ2v) is 7.19. The summed E-state index contributed by atoms with van der Waals surface area (Å²) in [6, 6.07) is 4.98. The Balaban J connectivity index is 2.51. The summed E-state index contributed by atoms with van der Waals surface area (Å²) in [4.78, 5) is 4.34. The number of halogens is 2. The van der Waals surface area contributed by atoms with Crippen LogP contribution in [0.15, 0.2) is 18.2 Å². The lowest BCUT2D eigenvalue weighted by molar-refractivity contribution is 0.523. The molecule has 3 unspecified atom stereocenters. The van der Waals surface area contributed by atoms with Crippen LogP contribution in [0.3, 0.4) is 0 Å². The minimum atomic E-state index is -0.844. The molecule has 0 saturated heterocycles. The number of imidazole rings is 1. The maximum Gasteiger partial charge on any atom is 0.151 e. The van der Waals surface area contributed by atoms with Crippen LogP contribution in [0.25, 0.3) is 11.0 Å². The molecule has 0 spiro atoms. The summed E-state index contributed by atoms with van der Waals surface area (Å²) in [7, 11) is -0.844. The van der Waals surface area contributed by atoms with Crippen LogP contribution in [0.5, 0.6) is 0 Å². The van der Waals surface area contributed by atoms with E-state index < -0.39 is 10.8 Å². The molecule has 20 heavy (non-hydrogen) atoms. The quantitative estimate of drug-likeness (QED) is 0.786. The molecule has 110 valence electrons. The van der Waals surface area contributed by atoms with E-state index in [4.69, 9.17) is 11.6 Å². The van der Waals surface area contributed by atoms with Crippen LogP contribution >= 0.6 is 11.6 Å². The first-order valence-electron chi connectivity index (χ1n) is 6.52. The lowest BCUT2D eigenvalue weighted by atomic mass is 10.2. The first kappa shape index (κ1) is 15.4. The molecule has 0 N–H and O–H groups in total. The van der Waals surface area contributed by atoms with Crippen LogP contribution in [0.1, 0.15) is 37.5 Å². The number of hydrogen-bond acceptors (Lipinski definition) is 2. The maximum atomic E-state index is 13.9. The standard InChI is InChI=1S/C14H18ClFN2OS/c1-9(7-8-20(3)19)18-12-6-4-5-11(16)13(12)17-14(18)10(2)15/h4-6,9-10H,7-8H2,1-3H3. The van der Waals surface area contributed by atoms with Crippen LogP contribution in [0.2, 0.25) is 0 Å². The average molecular weight is 317 g/mol. The van der Waals surface area contributed by atoms with Gasteiger partial charge < -0.3 is 4.57 Å². The Labute approximate surface area is 125 Å². The van der Waals surface area contributed by atoms with Crippen molar-refractivity contribution in [1.29, 1.82) is 0 Å². The van der Waals surface area contributed by atoms with Crippen LogP contribution in [0.4, 0.5) is 4.39 Å². The predicted molar refractivity (Wildman–Crippen MR) is 82.2 cm³/mol. The Morgan fingerprint density at radius 2 is 2.15 bits per heavy atom. The van der Waals surface area contributed by atoms with Crippen LogP contribution in [0, 0.1) is 5.82 Å². The summed E-state index contributed by atoms with van der Waals surface area (Å²) >= 11 is 6.17. The Hall–Kier alpha value is -0.940. The van der Waals surface area contributed by atoms with E-state index in [1.165, 1.54) is 6.07 Å². The largest absolute Gasteiger partial charge is 0.324 e. The van der Waals surface area contributed by atoms with Crippen molar-refractivity contribution >= 4 is 33.4 Å². The molecule has 1 aromatic heterocycles. The highest BCUT2D eigenvalue weighted by atomic mass is 35.5. The molecule has 2 aromatic rings. The van der Waals surface area contributed by atoms with Crippen molar-refractivity contribution in [3.8, 4) is 0 Å². The van der Waals surface area contributed by atoms with Gasteiger partial charge in [0.25, 0.3) is 0 Å². The third-order valence-electron chi connectivity index (χ3n) is 3.32. The molecule has 0 radical (unpaired) electrons. The minimum Gasteiger partial charge on any atom is -0.324 e. The topological polar surface area (TPSA) is 34.9 Å². The molecule has 3 atom stereocenters. The van der Waals surface area contributed by atoms with E-state index in [-0.39, 0.29) is 17.2 Å². The molecule has 0 aliphatic rings. The van der Waals surface area contributed by atoms with Gasteiger partial charge in [0.1, 0.15) is 11.3 Å². The molecule has 0 fully saturated rings. The van der Waals surface area contributed by atoms with E-state index in [1.54, 1.807) is 12.3 Å². The summed E-state index contributed by atoms with van der Waals surface area (Å²) in [5.74, 6) is 0.916. The molecule has 6 heteroatoms. The fourth-order valence-electron chi connectivity index (χ4n) is 2.31. The highest BCUT2D eigenvalue weighted by molar-refractivity contribution is 7.84. The Bertz CT molecular complexity index is 641. The zero-order valence-electron chi connectivity index (χ0n) is 11.8. The van der Waals surface area contributed by atoms with Gasteiger partial charge in [0.15, 0.2) is 5.82 Å². The van der Waals surface area contributed by atoms with Crippen LogP contribution in [-0.2, 0) is 10.8 Å². The van der Waals surface area contributed by atoms with E-state index in [0.29, 0.717) is 17.1 Å². The van der Waals surface area contributed by atoms with Gasteiger partial charge in [-0.05, 0) is 32.4 Å². The van der Waals surface area contributed by atoms with Crippen molar-refractivity contribution < 1.29 is 8.60 Å². The first-order chi connectivity index (χ1) is 9.41. The Kier molecular flexibility index (Phi) is 4.81. The summed E-state index contributed by atoms with van der Waals surface area (Å²) in [5, 5.41) is -0.309. The number of fused-ring (bicyclic) bond motifs is 1. The highest BCUT2D eigenvalue weighted by Gasteiger charge is 2.20. The van der Waals surface area contributed by atoms with E-state index >= 15 is 0 Å². The molecular weight excluding hydrogens is 299 g/mol. The third kappa shape index (κ3) is 3.04. The molecule has 0 aliphatic heterocycles. The number of alkyl halides is 1. The van der Waals surface area contributed by atoms with Gasteiger partial charge in [0, 0.05) is 28.9 Å². The zero-order chi connectivity index (χ0) is 14.9.